The van der Waals surface area contributed by atoms with E-state index in [1.807, 2.05) is 116 Å². The summed E-state index contributed by atoms with van der Waals surface area (Å²) in [6.45, 7) is 66.2. The van der Waals surface area contributed by atoms with Gasteiger partial charge in [-0.15, -0.1) is 0 Å². The number of aromatic nitrogens is 2. The smallest absolute Gasteiger partial charge is 0.416 e. The van der Waals surface area contributed by atoms with E-state index in [1.54, 1.807) is 18.5 Å². The third-order valence-electron chi connectivity index (χ3n) is 31.2. The highest BCUT2D eigenvalue weighted by molar-refractivity contribution is 6.76. The lowest BCUT2D eigenvalue weighted by atomic mass is 9.87. The van der Waals surface area contributed by atoms with Gasteiger partial charge in [0.05, 0.1) is 36.6 Å². The summed E-state index contributed by atoms with van der Waals surface area (Å²) in [5.74, 6) is 1.22. The first-order valence-electron chi connectivity index (χ1n) is 52.1. The number of hydrogen-bond donors (Lipinski definition) is 2. The van der Waals surface area contributed by atoms with Gasteiger partial charge < -0.3 is 46.6 Å². The predicted molar refractivity (Wildman–Crippen MR) is 600 cm³/mol. The van der Waals surface area contributed by atoms with Crippen LogP contribution in [0, 0.1) is 36.5 Å². The Balaban J connectivity index is 0.000000334. The molecule has 2 fully saturated rings. The minimum absolute atomic E-state index is 0. The number of ether oxygens (including phenoxy) is 3. The quantitative estimate of drug-likeness (QED) is 0.0157. The van der Waals surface area contributed by atoms with Gasteiger partial charge in [0.2, 0.25) is 0 Å². The number of alkyl halides is 3. The van der Waals surface area contributed by atoms with Crippen molar-refractivity contribution in [3.8, 4) is 11.5 Å². The van der Waals surface area contributed by atoms with Crippen molar-refractivity contribution in [1.82, 2.24) is 9.97 Å². The van der Waals surface area contributed by atoms with Gasteiger partial charge in [0.15, 0.2) is 41.6 Å². The molecule has 0 spiro atoms. The number of allylic oxidation sites excluding steroid dienone is 5. The largest absolute Gasteiger partial charge is 0.491 e. The summed E-state index contributed by atoms with van der Waals surface area (Å²) in [5, 5.41) is 22.6. The number of aliphatic hydroxyl groups excluding tert-OH is 1. The first-order chi connectivity index (χ1) is 66.6. The zero-order valence-electron chi connectivity index (χ0n) is 91.8. The number of Topliss-reactive ketones (excluding diaryl/α,β-unsaturated/α-hetero) is 2. The van der Waals surface area contributed by atoms with E-state index in [9.17, 15) is 32.3 Å². The zero-order chi connectivity index (χ0) is 106. The van der Waals surface area contributed by atoms with E-state index in [0.717, 1.165) is 123 Å². The van der Waals surface area contributed by atoms with E-state index in [-0.39, 0.29) is 142 Å². The van der Waals surface area contributed by atoms with E-state index in [2.05, 4.69) is 273 Å². The molecular weight excluding hydrogens is 1890 g/mol. The Hall–Kier alpha value is -8.39. The van der Waals surface area contributed by atoms with Crippen molar-refractivity contribution in [3.63, 3.8) is 0 Å². The molecule has 24 heteroatoms. The maximum absolute atomic E-state index is 13.5. The number of benzene rings is 6. The molecule has 0 saturated heterocycles. The topological polar surface area (TPSA) is 208 Å². The molecule has 3 unspecified atom stereocenters. The summed E-state index contributed by atoms with van der Waals surface area (Å²) < 4.78 is 94.0. The number of aliphatic hydroxyl groups is 1. The number of carbonyl (C=O) groups is 4. The second-order valence-electron chi connectivity index (χ2n) is 47.5. The Morgan fingerprint density at radius 1 is 0.465 bits per heavy atom. The van der Waals surface area contributed by atoms with Gasteiger partial charge in [-0.25, -0.2) is 0 Å². The Morgan fingerprint density at radius 3 is 1.29 bits per heavy atom. The molecule has 0 amide bonds. The standard InChI is InChI=1S/C62H93NO7Si3.C36H59F3O5Si2.C21H21NO2.CH4/c1-18-53(56(64)40-47-30-33-50-42-63-37-36-49(50)39-47)48-31-28-46(29-32-48)43-67-59(65)27-22-20-19-21-26-54-55(58(70-73(16,17)62(9,10)11)41-57(54)69-72(14,15)61(6,7)8)35-34-52(68-71(12,13)60(3,4)5)44-66-51-25-23-24-45(2)38-51;1-26-23-32(44-46(10,11)35(5,6)7)31(19-14-12-13-15-20-33(40)41)30(26)22-21-29(43-45(8,9)34(2,3)4)25-42-28-18-16-17-27(24-28)36(37,38)39;1-2-20(17-6-3-15(14-23)4-7-17)21(24)12-16-5-8-19-13-22-10-9-18(19)11-16;/h19,21,23-25,28-39,42,52-55,57-58H,18,20,22,26-27,40-41,43-44H2,1-17H3;12,14,16-18,21-22,24,26,29-32H,13,15,19-20,23,25H2,1-11H3,(H,40,41);3-11,13,20,23H,2,12,14H2,1H3;1H4/b21-19-,35-34+;14-12-,22-21+;;/t52-,53?,54?,55-,57+,58-;26-,29-,30+,31-,32+;;/m11../s1. The second kappa shape index (κ2) is 53.7. The molecule has 2 saturated carbocycles. The Bertz CT molecular complexity index is 5500. The molecular formula is C120H177F3N2O14Si5. The van der Waals surface area contributed by atoms with Crippen LogP contribution < -0.4 is 9.47 Å². The van der Waals surface area contributed by atoms with Crippen LogP contribution >= 0.6 is 0 Å². The Kier molecular flexibility index (Phi) is 45.7. The van der Waals surface area contributed by atoms with Crippen LogP contribution in [0.1, 0.15) is 265 Å². The molecule has 2 aromatic heterocycles. The lowest BCUT2D eigenvalue weighted by molar-refractivity contribution is -0.145. The molecule has 0 radical (unpaired) electrons. The first-order valence-corrected chi connectivity index (χ1v) is 66.6. The molecule has 2 N–H and O–H groups in total. The van der Waals surface area contributed by atoms with Crippen molar-refractivity contribution < 1.29 is 78.9 Å². The van der Waals surface area contributed by atoms with Crippen LogP contribution in [0.25, 0.3) is 21.5 Å². The highest BCUT2D eigenvalue weighted by Gasteiger charge is 2.52. The van der Waals surface area contributed by atoms with Gasteiger partial charge in [0.1, 0.15) is 42.9 Å². The number of aryl methyl sites for hydroxylation is 1. The monoisotopic (exact) mass is 2070 g/mol. The molecule has 10 rings (SSSR count). The highest BCUT2D eigenvalue weighted by atomic mass is 28.4. The number of carbonyl (C=O) groups excluding carboxylic acids is 3. The van der Waals surface area contributed by atoms with Crippen molar-refractivity contribution >= 4 is 86.6 Å². The van der Waals surface area contributed by atoms with E-state index >= 15 is 0 Å². The fraction of sp³-hybridized carbons (Fsp3) is 0.550. The van der Waals surface area contributed by atoms with Crippen molar-refractivity contribution in [3.05, 3.63) is 263 Å². The minimum atomic E-state index is -4.45. The lowest BCUT2D eigenvalue weighted by Gasteiger charge is -2.40. The highest BCUT2D eigenvalue weighted by Crippen LogP contribution is 2.51. The van der Waals surface area contributed by atoms with Crippen LogP contribution in [0.4, 0.5) is 13.2 Å². The lowest BCUT2D eigenvalue weighted by Crippen LogP contribution is -2.45. The van der Waals surface area contributed by atoms with Gasteiger partial charge in [-0.2, -0.15) is 13.2 Å². The molecule has 792 valence electrons. The van der Waals surface area contributed by atoms with Gasteiger partial charge >= 0.3 is 18.1 Å². The van der Waals surface area contributed by atoms with Gasteiger partial charge in [-0.05, 0) is 278 Å². The fourth-order valence-corrected chi connectivity index (χ4v) is 23.9. The Morgan fingerprint density at radius 2 is 0.868 bits per heavy atom. The van der Waals surface area contributed by atoms with Crippen LogP contribution in [-0.4, -0.2) is 129 Å². The van der Waals surface area contributed by atoms with Crippen LogP contribution in [0.15, 0.2) is 219 Å². The molecule has 6 aromatic carbocycles. The molecule has 2 heterocycles. The number of hydrogen-bond acceptors (Lipinski definition) is 15. The maximum Gasteiger partial charge on any atom is 0.416 e. The number of fused-ring (bicyclic) bond motifs is 2. The van der Waals surface area contributed by atoms with Crippen molar-refractivity contribution in [2.75, 3.05) is 13.2 Å². The van der Waals surface area contributed by atoms with Gasteiger partial charge in [0.25, 0.3) is 0 Å². The van der Waals surface area contributed by atoms with Crippen LogP contribution in [0.5, 0.6) is 11.5 Å². The molecule has 144 heavy (non-hydrogen) atoms. The molecule has 2 aliphatic rings. The number of esters is 1. The summed E-state index contributed by atoms with van der Waals surface area (Å²) in [6.07, 6.45) is 29.1. The van der Waals surface area contributed by atoms with Crippen molar-refractivity contribution in [2.45, 2.75) is 381 Å². The van der Waals surface area contributed by atoms with Crippen LogP contribution in [-0.2, 0) is 78.3 Å². The average molecular weight is 2070 g/mol. The molecule has 0 bridgehead atoms. The summed E-state index contributed by atoms with van der Waals surface area (Å²) in [4.78, 5) is 58.5. The van der Waals surface area contributed by atoms with E-state index in [4.69, 9.17) is 46.6 Å². The number of halogens is 3. The number of carboxylic acid groups (broad SMARTS) is 1. The SMILES string of the molecule is C.CCC(C(=O)Cc1ccc2cnccc2c1)c1ccc(CO)cc1.CCC(C(=O)Cc1ccc2cnccc2c1)c1ccc(COC(=O)CCC/C=C\CC2[C@@H](O[Si](C)(C)C(C)(C)C)C[C@@H](O[Si](C)(C)C(C)(C)C)[C@@H]2/C=C/[C@H](COc2cccc(C)c2)O[Si](C)(C)C(C)(C)C)cc1.C[C@@H]1C[C@H](O[Si](C)(C)C(C)(C)C)[C@H](C/C=C\CCCC(=O)O)[C@H]1/C=C/[C@H](COc1cccc(C(F)(F)F)c1)O[Si](C)(C)C(C)(C)C. The van der Waals surface area contributed by atoms with Gasteiger partial charge in [-0.3, -0.25) is 29.1 Å². The van der Waals surface area contributed by atoms with E-state index in [0.29, 0.717) is 51.0 Å². The summed E-state index contributed by atoms with van der Waals surface area (Å²) in [6, 6.07) is 45.0. The van der Waals surface area contributed by atoms with Crippen molar-refractivity contribution in [1.29, 1.82) is 0 Å². The third-order valence-corrected chi connectivity index (χ3v) is 53.7. The summed E-state index contributed by atoms with van der Waals surface area (Å²) in [5.41, 5.74) is 6.23. The fourth-order valence-electron chi connectivity index (χ4n) is 17.3. The summed E-state index contributed by atoms with van der Waals surface area (Å²) >= 11 is 0. The third kappa shape index (κ3) is 36.8. The van der Waals surface area contributed by atoms with Gasteiger partial charge in [0, 0.05) is 85.1 Å². The molecule has 0 aliphatic heterocycles. The number of unbranched alkanes of at least 4 members (excludes halogenated alkanes) is 2. The number of rotatable bonds is 45. The van der Waals surface area contributed by atoms with Crippen LogP contribution in [0.3, 0.4) is 0 Å². The van der Waals surface area contributed by atoms with E-state index in [1.165, 1.54) is 6.07 Å². The number of nitrogens with zero attached hydrogens (tertiary/aromatic N) is 2. The normalized spacial score (nSPS) is 19.0. The average Bonchev–Trinajstić information content (AvgIpc) is 1.61. The number of carboxylic acids is 1. The molecule has 12 atom stereocenters. The maximum atomic E-state index is 13.5. The zero-order valence-corrected chi connectivity index (χ0v) is 96.8. The minimum Gasteiger partial charge on any atom is -0.491 e. The van der Waals surface area contributed by atoms with Gasteiger partial charge in [-0.1, -0.05) is 284 Å². The number of aliphatic carboxylic acids is 1. The molecule has 2 aliphatic carbocycles. The Labute approximate surface area is 868 Å². The molecule has 16 nitrogen and oxygen atoms in total. The van der Waals surface area contributed by atoms with Crippen LogP contribution in [0.2, 0.25) is 90.7 Å². The number of pyridine rings is 2. The van der Waals surface area contributed by atoms with Crippen molar-refractivity contribution in [2.24, 2.45) is 29.6 Å². The molecule has 8 aromatic rings. The van der Waals surface area contributed by atoms with E-state index < -0.39 is 65.4 Å². The second-order valence-corrected chi connectivity index (χ2v) is 71.2. The summed E-state index contributed by atoms with van der Waals surface area (Å²) in [7, 11) is -10.8. The first kappa shape index (κ1) is 123. The predicted octanol–water partition coefficient (Wildman–Crippen LogP) is 32.0. The number of ketones is 2.